The van der Waals surface area contributed by atoms with Gasteiger partial charge in [0.05, 0.1) is 18.8 Å². The lowest BCUT2D eigenvalue weighted by atomic mass is 9.90. The Balaban J connectivity index is 1.96. The SMILES string of the molecule is C=CCC1(NO)COC2(CCCCC2)OC1. The molecule has 0 aromatic rings. The largest absolute Gasteiger partial charge is 0.348 e. The summed E-state index contributed by atoms with van der Waals surface area (Å²) in [7, 11) is 0. The fourth-order valence-electron chi connectivity index (χ4n) is 2.51. The summed E-state index contributed by atoms with van der Waals surface area (Å²) < 4.78 is 11.7. The molecule has 0 radical (unpaired) electrons. The van der Waals surface area contributed by atoms with Gasteiger partial charge in [0, 0.05) is 12.8 Å². The van der Waals surface area contributed by atoms with Crippen LogP contribution in [0.1, 0.15) is 38.5 Å². The first-order valence-corrected chi connectivity index (χ1v) is 6.04. The van der Waals surface area contributed by atoms with Crippen molar-refractivity contribution in [2.75, 3.05) is 13.2 Å². The lowest BCUT2D eigenvalue weighted by molar-refractivity contribution is -0.310. The highest BCUT2D eigenvalue weighted by Gasteiger charge is 2.44. The summed E-state index contributed by atoms with van der Waals surface area (Å²) in [4.78, 5) is 0. The monoisotopic (exact) mass is 227 g/mol. The van der Waals surface area contributed by atoms with Crippen molar-refractivity contribution in [2.45, 2.75) is 49.9 Å². The zero-order valence-electron chi connectivity index (χ0n) is 9.71. The maximum atomic E-state index is 9.20. The number of ether oxygens (including phenoxy) is 2. The molecule has 2 rings (SSSR count). The van der Waals surface area contributed by atoms with Crippen molar-refractivity contribution < 1.29 is 14.7 Å². The molecule has 16 heavy (non-hydrogen) atoms. The van der Waals surface area contributed by atoms with E-state index in [9.17, 15) is 5.21 Å². The molecule has 4 heteroatoms. The van der Waals surface area contributed by atoms with Crippen LogP contribution in [0.15, 0.2) is 12.7 Å². The summed E-state index contributed by atoms with van der Waals surface area (Å²) in [5.74, 6) is -0.375. The molecule has 1 saturated heterocycles. The second-order valence-electron chi connectivity index (χ2n) is 4.93. The Labute approximate surface area is 96.6 Å². The Morgan fingerprint density at radius 1 is 1.19 bits per heavy atom. The molecule has 2 N–H and O–H groups in total. The van der Waals surface area contributed by atoms with Crippen molar-refractivity contribution in [1.29, 1.82) is 0 Å². The van der Waals surface area contributed by atoms with E-state index in [1.54, 1.807) is 6.08 Å². The van der Waals surface area contributed by atoms with Crippen LogP contribution in [0.2, 0.25) is 0 Å². The van der Waals surface area contributed by atoms with Crippen molar-refractivity contribution in [3.05, 3.63) is 12.7 Å². The highest BCUT2D eigenvalue weighted by molar-refractivity contribution is 4.96. The summed E-state index contributed by atoms with van der Waals surface area (Å²) in [5.41, 5.74) is 1.81. The molecule has 0 aromatic carbocycles. The molecular weight excluding hydrogens is 206 g/mol. The van der Waals surface area contributed by atoms with Crippen molar-refractivity contribution in [1.82, 2.24) is 5.48 Å². The normalized spacial score (nSPS) is 27.8. The van der Waals surface area contributed by atoms with E-state index in [0.29, 0.717) is 19.6 Å². The zero-order valence-corrected chi connectivity index (χ0v) is 9.71. The molecule has 2 fully saturated rings. The third-order valence-corrected chi connectivity index (χ3v) is 3.61. The summed E-state index contributed by atoms with van der Waals surface area (Å²) in [6, 6.07) is 0. The highest BCUT2D eigenvalue weighted by atomic mass is 16.7. The number of rotatable bonds is 3. The zero-order chi connectivity index (χ0) is 11.5. The van der Waals surface area contributed by atoms with Gasteiger partial charge in [-0.2, -0.15) is 5.48 Å². The van der Waals surface area contributed by atoms with Crippen LogP contribution in [0, 0.1) is 0 Å². The average molecular weight is 227 g/mol. The predicted octanol–water partition coefficient (Wildman–Crippen LogP) is 1.99. The quantitative estimate of drug-likeness (QED) is 0.572. The van der Waals surface area contributed by atoms with Crippen molar-refractivity contribution in [3.63, 3.8) is 0 Å². The first-order valence-electron chi connectivity index (χ1n) is 6.04. The molecule has 0 atom stereocenters. The molecule has 0 amide bonds. The highest BCUT2D eigenvalue weighted by Crippen LogP contribution is 2.37. The van der Waals surface area contributed by atoms with Gasteiger partial charge in [-0.05, 0) is 19.3 Å². The van der Waals surface area contributed by atoms with Gasteiger partial charge in [0.1, 0.15) is 0 Å². The van der Waals surface area contributed by atoms with Crippen molar-refractivity contribution >= 4 is 0 Å². The van der Waals surface area contributed by atoms with Crippen LogP contribution in [0.5, 0.6) is 0 Å². The van der Waals surface area contributed by atoms with Gasteiger partial charge in [-0.1, -0.05) is 12.5 Å². The lowest BCUT2D eigenvalue weighted by Gasteiger charge is -2.47. The predicted molar refractivity (Wildman–Crippen MR) is 60.2 cm³/mol. The molecule has 0 bridgehead atoms. The fourth-order valence-corrected chi connectivity index (χ4v) is 2.51. The first kappa shape index (κ1) is 12.0. The molecule has 0 unspecified atom stereocenters. The minimum Gasteiger partial charge on any atom is -0.348 e. The van der Waals surface area contributed by atoms with E-state index >= 15 is 0 Å². The van der Waals surface area contributed by atoms with Crippen LogP contribution >= 0.6 is 0 Å². The smallest absolute Gasteiger partial charge is 0.168 e. The number of nitrogens with one attached hydrogen (secondary N) is 1. The fraction of sp³-hybridized carbons (Fsp3) is 0.833. The molecule has 1 aliphatic carbocycles. The van der Waals surface area contributed by atoms with E-state index < -0.39 is 5.54 Å². The molecular formula is C12H21NO3. The van der Waals surface area contributed by atoms with Gasteiger partial charge in [-0.3, -0.25) is 0 Å². The van der Waals surface area contributed by atoms with Gasteiger partial charge in [0.15, 0.2) is 5.79 Å². The maximum Gasteiger partial charge on any atom is 0.168 e. The number of hydroxylamine groups is 1. The van der Waals surface area contributed by atoms with Gasteiger partial charge in [-0.15, -0.1) is 6.58 Å². The third kappa shape index (κ3) is 2.30. The lowest BCUT2D eigenvalue weighted by Crippen LogP contribution is -2.60. The Morgan fingerprint density at radius 2 is 1.81 bits per heavy atom. The van der Waals surface area contributed by atoms with Crippen LogP contribution in [0.4, 0.5) is 0 Å². The molecule has 1 saturated carbocycles. The Morgan fingerprint density at radius 3 is 2.31 bits per heavy atom. The molecule has 4 nitrogen and oxygen atoms in total. The van der Waals surface area contributed by atoms with Crippen LogP contribution in [0.25, 0.3) is 0 Å². The van der Waals surface area contributed by atoms with Crippen LogP contribution in [-0.2, 0) is 9.47 Å². The van der Waals surface area contributed by atoms with Crippen LogP contribution in [-0.4, -0.2) is 29.7 Å². The van der Waals surface area contributed by atoms with Crippen LogP contribution in [0.3, 0.4) is 0 Å². The second kappa shape index (κ2) is 4.84. The summed E-state index contributed by atoms with van der Waals surface area (Å²) in [6.45, 7) is 4.65. The standard InChI is InChI=1S/C12H21NO3/c1-2-6-11(13-14)9-15-12(16-10-11)7-4-3-5-8-12/h2,13-14H,1,3-10H2. The van der Waals surface area contributed by atoms with E-state index in [1.807, 2.05) is 0 Å². The molecule has 1 aliphatic heterocycles. The minimum atomic E-state index is -0.509. The van der Waals surface area contributed by atoms with Crippen molar-refractivity contribution in [2.24, 2.45) is 0 Å². The van der Waals surface area contributed by atoms with Gasteiger partial charge >= 0.3 is 0 Å². The summed E-state index contributed by atoms with van der Waals surface area (Å²) >= 11 is 0. The average Bonchev–Trinajstić information content (AvgIpc) is 2.34. The molecule has 0 aromatic heterocycles. The van der Waals surface area contributed by atoms with Gasteiger partial charge in [0.2, 0.25) is 0 Å². The molecule has 1 spiro atoms. The van der Waals surface area contributed by atoms with Crippen molar-refractivity contribution in [3.8, 4) is 0 Å². The molecule has 2 aliphatic rings. The number of hydrogen-bond donors (Lipinski definition) is 2. The van der Waals surface area contributed by atoms with Gasteiger partial charge < -0.3 is 14.7 Å². The summed E-state index contributed by atoms with van der Waals surface area (Å²) in [5, 5.41) is 9.20. The maximum absolute atomic E-state index is 9.20. The van der Waals surface area contributed by atoms with E-state index in [4.69, 9.17) is 9.47 Å². The first-order chi connectivity index (χ1) is 7.74. The van der Waals surface area contributed by atoms with Gasteiger partial charge in [-0.25, -0.2) is 0 Å². The second-order valence-corrected chi connectivity index (χ2v) is 4.93. The molecule has 92 valence electrons. The number of hydrogen-bond acceptors (Lipinski definition) is 4. The van der Waals surface area contributed by atoms with E-state index in [2.05, 4.69) is 12.1 Å². The minimum absolute atomic E-state index is 0.375. The van der Waals surface area contributed by atoms with E-state index in [1.165, 1.54) is 19.3 Å². The molecule has 1 heterocycles. The van der Waals surface area contributed by atoms with Gasteiger partial charge in [0.25, 0.3) is 0 Å². The topological polar surface area (TPSA) is 50.7 Å². The Kier molecular flexibility index (Phi) is 3.64. The van der Waals surface area contributed by atoms with E-state index in [0.717, 1.165) is 12.8 Å². The van der Waals surface area contributed by atoms with E-state index in [-0.39, 0.29) is 5.79 Å². The third-order valence-electron chi connectivity index (χ3n) is 3.61. The summed E-state index contributed by atoms with van der Waals surface area (Å²) in [6.07, 6.45) is 7.96. The Hall–Kier alpha value is -0.420. The Bertz CT molecular complexity index is 239. The van der Waals surface area contributed by atoms with Crippen LogP contribution < -0.4 is 5.48 Å².